The number of ether oxygens (including phenoxy) is 4. The fourth-order valence-electron chi connectivity index (χ4n) is 2.58. The predicted molar refractivity (Wildman–Crippen MR) is 58.3 cm³/mol. The molecule has 0 N–H and O–H groups in total. The van der Waals surface area contributed by atoms with Gasteiger partial charge in [0, 0.05) is 0 Å². The molecule has 3 aliphatic rings. The molecule has 0 radical (unpaired) electrons. The van der Waals surface area contributed by atoms with Gasteiger partial charge in [0.1, 0.15) is 24.4 Å². The first-order chi connectivity index (χ1) is 8.42. The van der Waals surface area contributed by atoms with Gasteiger partial charge in [-0.2, -0.15) is 0 Å². The highest BCUT2D eigenvalue weighted by Gasteiger charge is 2.62. The van der Waals surface area contributed by atoms with Crippen molar-refractivity contribution in [2.45, 2.75) is 37.3 Å². The first-order valence-corrected chi connectivity index (χ1v) is 6.00. The van der Waals surface area contributed by atoms with Gasteiger partial charge in [0.2, 0.25) is 0 Å². The Labute approximate surface area is 99.4 Å². The van der Waals surface area contributed by atoms with Crippen LogP contribution in [0.2, 0.25) is 0 Å². The first kappa shape index (κ1) is 10.0. The zero-order valence-corrected chi connectivity index (χ0v) is 9.32. The minimum absolute atomic E-state index is 0.0129. The molecule has 3 aliphatic heterocycles. The fourth-order valence-corrected chi connectivity index (χ4v) is 2.58. The molecule has 0 spiro atoms. The Balaban J connectivity index is 1.43. The summed E-state index contributed by atoms with van der Waals surface area (Å²) < 4.78 is 22.6. The molecular weight excluding hydrogens is 221 g/mol. The van der Waals surface area contributed by atoms with E-state index in [1.807, 2.05) is 18.2 Å². The van der Waals surface area contributed by atoms with E-state index in [9.17, 15) is 0 Å². The Morgan fingerprint density at radius 1 is 1.12 bits per heavy atom. The number of epoxide rings is 1. The zero-order chi connectivity index (χ0) is 11.2. The van der Waals surface area contributed by atoms with E-state index in [4.69, 9.17) is 18.9 Å². The molecule has 3 saturated heterocycles. The third-order valence-corrected chi connectivity index (χ3v) is 3.54. The van der Waals surface area contributed by atoms with E-state index in [2.05, 4.69) is 12.1 Å². The Hall–Kier alpha value is -0.940. The van der Waals surface area contributed by atoms with Gasteiger partial charge in [0.05, 0.1) is 13.2 Å². The van der Waals surface area contributed by atoms with Gasteiger partial charge in [-0.1, -0.05) is 30.3 Å². The summed E-state index contributed by atoms with van der Waals surface area (Å²) in [6.07, 6.45) is 0.160. The summed E-state index contributed by atoms with van der Waals surface area (Å²) in [5, 5.41) is 0. The highest BCUT2D eigenvalue weighted by Crippen LogP contribution is 2.43. The van der Waals surface area contributed by atoms with E-state index in [0.717, 1.165) is 0 Å². The molecule has 3 heterocycles. The van der Waals surface area contributed by atoms with Crippen molar-refractivity contribution in [1.29, 1.82) is 0 Å². The molecule has 4 nitrogen and oxygen atoms in total. The third kappa shape index (κ3) is 1.68. The van der Waals surface area contributed by atoms with Gasteiger partial charge >= 0.3 is 0 Å². The SMILES string of the molecule is c1ccc(CO[C@H]2[C@@H]3O[C@@H]3[C@@H]3O[13CH2][C@H]2O3)cc1. The van der Waals surface area contributed by atoms with Gasteiger partial charge in [-0.3, -0.25) is 0 Å². The molecule has 0 aromatic heterocycles. The lowest BCUT2D eigenvalue weighted by Gasteiger charge is -2.24. The normalized spacial score (nSPS) is 42.2. The van der Waals surface area contributed by atoms with Crippen molar-refractivity contribution >= 4 is 0 Å². The molecule has 1 aromatic carbocycles. The zero-order valence-electron chi connectivity index (χ0n) is 9.32. The monoisotopic (exact) mass is 235 g/mol. The fraction of sp³-hybridized carbons (Fsp3) is 0.538. The van der Waals surface area contributed by atoms with Gasteiger partial charge in [-0.05, 0) is 5.56 Å². The van der Waals surface area contributed by atoms with Crippen LogP contribution in [-0.4, -0.2) is 37.3 Å². The topological polar surface area (TPSA) is 40.2 Å². The molecule has 17 heavy (non-hydrogen) atoms. The van der Waals surface area contributed by atoms with Gasteiger partial charge < -0.3 is 18.9 Å². The molecule has 1 aromatic rings. The molecule has 0 unspecified atom stereocenters. The minimum atomic E-state index is -0.151. The van der Waals surface area contributed by atoms with Gasteiger partial charge in [0.15, 0.2) is 6.29 Å². The Morgan fingerprint density at radius 3 is 2.88 bits per heavy atom. The second-order valence-electron chi connectivity index (χ2n) is 4.70. The van der Waals surface area contributed by atoms with E-state index in [-0.39, 0.29) is 30.7 Å². The molecule has 5 atom stereocenters. The van der Waals surface area contributed by atoms with Gasteiger partial charge in [-0.25, -0.2) is 0 Å². The van der Waals surface area contributed by atoms with Crippen molar-refractivity contribution in [2.24, 2.45) is 0 Å². The van der Waals surface area contributed by atoms with Crippen LogP contribution in [0, 0.1) is 0 Å². The lowest BCUT2D eigenvalue weighted by molar-refractivity contribution is -0.121. The van der Waals surface area contributed by atoms with Crippen LogP contribution < -0.4 is 0 Å². The minimum Gasteiger partial charge on any atom is -0.368 e. The van der Waals surface area contributed by atoms with Crippen LogP contribution in [0.5, 0.6) is 0 Å². The van der Waals surface area contributed by atoms with Crippen molar-refractivity contribution in [3.8, 4) is 0 Å². The van der Waals surface area contributed by atoms with E-state index in [1.165, 1.54) is 5.56 Å². The summed E-state index contributed by atoms with van der Waals surface area (Å²) in [6.45, 7) is 1.23. The summed E-state index contributed by atoms with van der Waals surface area (Å²) in [7, 11) is 0. The van der Waals surface area contributed by atoms with E-state index >= 15 is 0 Å². The summed E-state index contributed by atoms with van der Waals surface area (Å²) in [5.41, 5.74) is 1.17. The van der Waals surface area contributed by atoms with E-state index in [1.54, 1.807) is 0 Å². The van der Waals surface area contributed by atoms with Crippen LogP contribution in [0.3, 0.4) is 0 Å². The number of benzene rings is 1. The summed E-state index contributed by atoms with van der Waals surface area (Å²) in [4.78, 5) is 0. The smallest absolute Gasteiger partial charge is 0.187 e. The lowest BCUT2D eigenvalue weighted by atomic mass is 10.1. The van der Waals surface area contributed by atoms with Crippen molar-refractivity contribution in [1.82, 2.24) is 0 Å². The van der Waals surface area contributed by atoms with Crippen LogP contribution in [0.1, 0.15) is 5.56 Å². The van der Waals surface area contributed by atoms with Crippen LogP contribution in [-0.2, 0) is 25.6 Å². The van der Waals surface area contributed by atoms with Crippen LogP contribution >= 0.6 is 0 Å². The second-order valence-corrected chi connectivity index (χ2v) is 4.70. The summed E-state index contributed by atoms with van der Waals surface area (Å²) >= 11 is 0. The highest BCUT2D eigenvalue weighted by atomic mass is 16.8. The van der Waals surface area contributed by atoms with Crippen molar-refractivity contribution in [3.05, 3.63) is 35.9 Å². The Morgan fingerprint density at radius 2 is 2.00 bits per heavy atom. The van der Waals surface area contributed by atoms with Crippen molar-refractivity contribution in [2.75, 3.05) is 6.61 Å². The van der Waals surface area contributed by atoms with E-state index in [0.29, 0.717) is 13.2 Å². The molecule has 4 heteroatoms. The molecule has 4 rings (SSSR count). The average molecular weight is 235 g/mol. The van der Waals surface area contributed by atoms with Crippen molar-refractivity contribution in [3.63, 3.8) is 0 Å². The first-order valence-electron chi connectivity index (χ1n) is 6.00. The van der Waals surface area contributed by atoms with Gasteiger partial charge in [-0.15, -0.1) is 0 Å². The van der Waals surface area contributed by atoms with Crippen LogP contribution in [0.25, 0.3) is 0 Å². The standard InChI is InChI=1S/C13H14O4/c1-2-4-8(5-3-1)6-14-10-9-7-15-13(16-9)12-11(10)17-12/h1-5,9-13H,6-7H2/t9-,10-,11+,12+,13-/m1/s1/i7+1. The maximum atomic E-state index is 5.92. The quantitative estimate of drug-likeness (QED) is 0.581. The lowest BCUT2D eigenvalue weighted by Crippen LogP contribution is -2.41. The largest absolute Gasteiger partial charge is 0.368 e. The van der Waals surface area contributed by atoms with E-state index < -0.39 is 0 Å². The maximum Gasteiger partial charge on any atom is 0.187 e. The predicted octanol–water partition coefficient (Wildman–Crippen LogP) is 1.09. The Kier molecular flexibility index (Phi) is 2.23. The number of hydrogen-bond acceptors (Lipinski definition) is 4. The molecule has 90 valence electrons. The molecule has 3 fully saturated rings. The third-order valence-electron chi connectivity index (χ3n) is 3.54. The summed E-state index contributed by atoms with van der Waals surface area (Å²) in [6, 6.07) is 10.1. The Bertz CT molecular complexity index is 407. The summed E-state index contributed by atoms with van der Waals surface area (Å²) in [5.74, 6) is 0. The molecule has 0 amide bonds. The van der Waals surface area contributed by atoms with Crippen LogP contribution in [0.15, 0.2) is 30.3 Å². The maximum absolute atomic E-state index is 5.92. The molecule has 0 aliphatic carbocycles. The number of fused-ring (bicyclic) bond motifs is 4. The number of hydrogen-bond donors (Lipinski definition) is 0. The highest BCUT2D eigenvalue weighted by molar-refractivity contribution is 5.14. The number of rotatable bonds is 3. The average Bonchev–Trinajstić information content (AvgIpc) is 3.05. The molecule has 2 bridgehead atoms. The second kappa shape index (κ2) is 3.78. The molecule has 0 saturated carbocycles. The van der Waals surface area contributed by atoms with Crippen LogP contribution in [0.4, 0.5) is 0 Å². The van der Waals surface area contributed by atoms with Gasteiger partial charge in [0.25, 0.3) is 0 Å². The molecular formula is C13H14O4. The van der Waals surface area contributed by atoms with Crippen molar-refractivity contribution < 1.29 is 18.9 Å².